The molecular weight excluding hydrogens is 318 g/mol. The summed E-state index contributed by atoms with van der Waals surface area (Å²) in [6.07, 6.45) is 7.71. The summed E-state index contributed by atoms with van der Waals surface area (Å²) in [5.74, 6) is 0.617. The van der Waals surface area contributed by atoms with Gasteiger partial charge in [0, 0.05) is 37.8 Å². The van der Waals surface area contributed by atoms with Gasteiger partial charge in [-0.05, 0) is 37.5 Å². The van der Waals surface area contributed by atoms with Crippen LogP contribution in [0.25, 0.3) is 0 Å². The zero-order chi connectivity index (χ0) is 17.1. The molecule has 2 aliphatic rings. The summed E-state index contributed by atoms with van der Waals surface area (Å²) < 4.78 is 6.12. The van der Waals surface area contributed by atoms with Crippen LogP contribution in [0.5, 0.6) is 0 Å². The lowest BCUT2D eigenvalue weighted by Crippen LogP contribution is -2.47. The number of nitrogens with zero attached hydrogens (tertiary/aromatic N) is 4. The van der Waals surface area contributed by atoms with Gasteiger partial charge in [0.05, 0.1) is 12.1 Å². The van der Waals surface area contributed by atoms with Crippen molar-refractivity contribution < 1.29 is 9.53 Å². The van der Waals surface area contributed by atoms with Gasteiger partial charge >= 0.3 is 0 Å². The van der Waals surface area contributed by atoms with Gasteiger partial charge in [0.1, 0.15) is 5.69 Å². The van der Waals surface area contributed by atoms with E-state index in [0.717, 1.165) is 19.3 Å². The van der Waals surface area contributed by atoms with E-state index >= 15 is 0 Å². The molecule has 2 fully saturated rings. The van der Waals surface area contributed by atoms with Crippen LogP contribution >= 0.6 is 0 Å². The number of carbonyl (C=O) groups excluding carboxylic acids is 1. The molecule has 25 heavy (non-hydrogen) atoms. The summed E-state index contributed by atoms with van der Waals surface area (Å²) in [5, 5.41) is 3.39. The minimum Gasteiger partial charge on any atom is -0.373 e. The molecule has 7 nitrogen and oxygen atoms in total. The number of aromatic nitrogens is 3. The van der Waals surface area contributed by atoms with Gasteiger partial charge < -0.3 is 15.0 Å². The van der Waals surface area contributed by atoms with E-state index in [4.69, 9.17) is 4.74 Å². The molecule has 1 amide bonds. The number of pyridine rings is 1. The fraction of sp³-hybridized carbons (Fsp3) is 0.444. The van der Waals surface area contributed by atoms with Crippen LogP contribution < -0.4 is 5.32 Å². The maximum absolute atomic E-state index is 12.6. The Hall–Kier alpha value is -2.54. The van der Waals surface area contributed by atoms with Crippen LogP contribution in [0.15, 0.2) is 42.9 Å². The number of rotatable bonds is 3. The molecule has 2 aliphatic heterocycles. The SMILES string of the molecule is O=C(c1ccccn1)N1CC[C@@]2(C[C@@H](Nc3ncccn3)CCO2)C1. The first kappa shape index (κ1) is 16.0. The summed E-state index contributed by atoms with van der Waals surface area (Å²) >= 11 is 0. The molecule has 4 heterocycles. The van der Waals surface area contributed by atoms with Crippen LogP contribution in [0.3, 0.4) is 0 Å². The molecule has 2 aromatic rings. The second kappa shape index (κ2) is 6.76. The topological polar surface area (TPSA) is 80.2 Å². The van der Waals surface area contributed by atoms with E-state index in [-0.39, 0.29) is 17.6 Å². The third-order valence-electron chi connectivity index (χ3n) is 4.88. The zero-order valence-electron chi connectivity index (χ0n) is 14.0. The second-order valence-corrected chi connectivity index (χ2v) is 6.63. The highest BCUT2D eigenvalue weighted by Crippen LogP contribution is 2.35. The third-order valence-corrected chi connectivity index (χ3v) is 4.88. The highest BCUT2D eigenvalue weighted by Gasteiger charge is 2.45. The number of amides is 1. The molecule has 1 N–H and O–H groups in total. The molecule has 7 heteroatoms. The van der Waals surface area contributed by atoms with Gasteiger partial charge in [-0.1, -0.05) is 6.07 Å². The maximum Gasteiger partial charge on any atom is 0.272 e. The summed E-state index contributed by atoms with van der Waals surface area (Å²) in [7, 11) is 0. The van der Waals surface area contributed by atoms with Gasteiger partial charge in [-0.15, -0.1) is 0 Å². The Morgan fingerprint density at radius 2 is 2.04 bits per heavy atom. The molecule has 2 aromatic heterocycles. The maximum atomic E-state index is 12.6. The first-order valence-electron chi connectivity index (χ1n) is 8.62. The molecule has 2 atom stereocenters. The average molecular weight is 339 g/mol. The van der Waals surface area contributed by atoms with Crippen molar-refractivity contribution in [1.29, 1.82) is 0 Å². The summed E-state index contributed by atoms with van der Waals surface area (Å²) in [6, 6.07) is 7.46. The van der Waals surface area contributed by atoms with E-state index in [1.165, 1.54) is 0 Å². The lowest BCUT2D eigenvalue weighted by atomic mass is 9.89. The van der Waals surface area contributed by atoms with E-state index in [1.54, 1.807) is 30.7 Å². The number of hydrogen-bond acceptors (Lipinski definition) is 6. The van der Waals surface area contributed by atoms with Crippen molar-refractivity contribution in [3.8, 4) is 0 Å². The third kappa shape index (κ3) is 3.46. The molecular formula is C18H21N5O2. The van der Waals surface area contributed by atoms with Crippen LogP contribution in [0.1, 0.15) is 29.8 Å². The Morgan fingerprint density at radius 3 is 2.84 bits per heavy atom. The normalized spacial score (nSPS) is 25.9. The Labute approximate surface area is 146 Å². The number of likely N-dealkylation sites (tertiary alicyclic amines) is 1. The highest BCUT2D eigenvalue weighted by atomic mass is 16.5. The van der Waals surface area contributed by atoms with Crippen LogP contribution in [0, 0.1) is 0 Å². The highest BCUT2D eigenvalue weighted by molar-refractivity contribution is 5.92. The van der Waals surface area contributed by atoms with E-state index < -0.39 is 0 Å². The Balaban J connectivity index is 1.41. The monoisotopic (exact) mass is 339 g/mol. The summed E-state index contributed by atoms with van der Waals surface area (Å²) in [5.41, 5.74) is 0.206. The van der Waals surface area contributed by atoms with Crippen molar-refractivity contribution in [3.05, 3.63) is 48.5 Å². The van der Waals surface area contributed by atoms with E-state index in [1.807, 2.05) is 17.0 Å². The number of anilines is 1. The van der Waals surface area contributed by atoms with Crippen molar-refractivity contribution in [2.75, 3.05) is 25.0 Å². The quantitative estimate of drug-likeness (QED) is 0.918. The van der Waals surface area contributed by atoms with Crippen LogP contribution in [0.4, 0.5) is 5.95 Å². The zero-order valence-corrected chi connectivity index (χ0v) is 14.0. The van der Waals surface area contributed by atoms with Gasteiger partial charge in [0.15, 0.2) is 0 Å². The fourth-order valence-electron chi connectivity index (χ4n) is 3.66. The first-order valence-corrected chi connectivity index (χ1v) is 8.62. The molecule has 0 bridgehead atoms. The van der Waals surface area contributed by atoms with Crippen LogP contribution in [-0.4, -0.2) is 57.1 Å². The second-order valence-electron chi connectivity index (χ2n) is 6.63. The standard InChI is InChI=1S/C18H21N5O2/c24-16(15-4-1-2-7-19-15)23-10-6-18(13-23)12-14(5-11-25-18)22-17-20-8-3-9-21-17/h1-4,7-9,14H,5-6,10-13H2,(H,20,21,22)/t14-,18+/m0/s1. The molecule has 4 rings (SSSR count). The molecule has 0 unspecified atom stereocenters. The summed E-state index contributed by atoms with van der Waals surface area (Å²) in [4.78, 5) is 27.1. The molecule has 2 saturated heterocycles. The van der Waals surface area contributed by atoms with E-state index in [2.05, 4.69) is 20.3 Å². The van der Waals surface area contributed by atoms with Crippen molar-refractivity contribution in [2.24, 2.45) is 0 Å². The molecule has 130 valence electrons. The predicted molar refractivity (Wildman–Crippen MR) is 92.1 cm³/mol. The number of ether oxygens (including phenoxy) is 1. The van der Waals surface area contributed by atoms with Gasteiger partial charge in [-0.3, -0.25) is 9.78 Å². The molecule has 1 spiro atoms. The minimum absolute atomic E-state index is 0.0254. The van der Waals surface area contributed by atoms with Gasteiger partial charge in [-0.2, -0.15) is 0 Å². The smallest absolute Gasteiger partial charge is 0.272 e. The Morgan fingerprint density at radius 1 is 1.20 bits per heavy atom. The lowest BCUT2D eigenvalue weighted by Gasteiger charge is -2.38. The summed E-state index contributed by atoms with van der Waals surface area (Å²) in [6.45, 7) is 1.98. The molecule has 0 aliphatic carbocycles. The van der Waals surface area contributed by atoms with Gasteiger partial charge in [0.25, 0.3) is 5.91 Å². The van der Waals surface area contributed by atoms with Crippen LogP contribution in [-0.2, 0) is 4.74 Å². The molecule has 0 saturated carbocycles. The van der Waals surface area contributed by atoms with Crippen molar-refractivity contribution in [2.45, 2.75) is 30.9 Å². The predicted octanol–water partition coefficient (Wildman–Crippen LogP) is 1.75. The Kier molecular flexibility index (Phi) is 4.31. The largest absolute Gasteiger partial charge is 0.373 e. The van der Waals surface area contributed by atoms with Gasteiger partial charge in [0.2, 0.25) is 5.95 Å². The number of carbonyl (C=O) groups is 1. The first-order chi connectivity index (χ1) is 12.2. The van der Waals surface area contributed by atoms with Crippen LogP contribution in [0.2, 0.25) is 0 Å². The minimum atomic E-state index is -0.283. The lowest BCUT2D eigenvalue weighted by molar-refractivity contribution is -0.0721. The molecule has 0 radical (unpaired) electrons. The fourth-order valence-corrected chi connectivity index (χ4v) is 3.66. The number of nitrogens with one attached hydrogen (secondary N) is 1. The van der Waals surface area contributed by atoms with Crippen molar-refractivity contribution >= 4 is 11.9 Å². The van der Waals surface area contributed by atoms with Crippen molar-refractivity contribution in [1.82, 2.24) is 19.9 Å². The Bertz CT molecular complexity index is 727. The van der Waals surface area contributed by atoms with Gasteiger partial charge in [-0.25, -0.2) is 9.97 Å². The van der Waals surface area contributed by atoms with Crippen molar-refractivity contribution in [3.63, 3.8) is 0 Å². The number of hydrogen-bond donors (Lipinski definition) is 1. The van der Waals surface area contributed by atoms with E-state index in [9.17, 15) is 4.79 Å². The molecule has 0 aromatic carbocycles. The average Bonchev–Trinajstić information content (AvgIpc) is 3.06. The van der Waals surface area contributed by atoms with E-state index in [0.29, 0.717) is 31.3 Å².